The first kappa shape index (κ1) is 13.0. The zero-order chi connectivity index (χ0) is 13.0. The molecule has 98 valence electrons. The number of nitrogens with zero attached hydrogens (tertiary/aromatic N) is 2. The first-order valence-electron chi connectivity index (χ1n) is 5.91. The number of nitrogens with two attached hydrogens (primary N) is 1. The Morgan fingerprint density at radius 2 is 2.44 bits per heavy atom. The van der Waals surface area contributed by atoms with Crippen molar-refractivity contribution >= 4 is 17.6 Å². The lowest BCUT2D eigenvalue weighted by atomic mass is 10.1. The van der Waals surface area contributed by atoms with Crippen LogP contribution in [-0.4, -0.2) is 29.8 Å². The fourth-order valence-electron chi connectivity index (χ4n) is 1.76. The SMILES string of the molecule is CC[C@H](C[C@H]1COC(N)=N1)Oc1ccc(Cl)cn1. The van der Waals surface area contributed by atoms with Crippen molar-refractivity contribution in [2.75, 3.05) is 6.61 Å². The predicted molar refractivity (Wildman–Crippen MR) is 69.9 cm³/mol. The number of aromatic nitrogens is 1. The Labute approximate surface area is 111 Å². The minimum Gasteiger partial charge on any atom is -0.474 e. The van der Waals surface area contributed by atoms with Gasteiger partial charge in [-0.05, 0) is 12.5 Å². The van der Waals surface area contributed by atoms with Crippen molar-refractivity contribution in [3.63, 3.8) is 0 Å². The third-order valence-electron chi connectivity index (χ3n) is 2.71. The summed E-state index contributed by atoms with van der Waals surface area (Å²) in [7, 11) is 0. The molecule has 0 radical (unpaired) electrons. The van der Waals surface area contributed by atoms with E-state index in [9.17, 15) is 0 Å². The van der Waals surface area contributed by atoms with Crippen molar-refractivity contribution in [1.29, 1.82) is 0 Å². The largest absolute Gasteiger partial charge is 0.474 e. The average molecular weight is 270 g/mol. The molecule has 0 amide bonds. The van der Waals surface area contributed by atoms with Crippen molar-refractivity contribution in [1.82, 2.24) is 4.98 Å². The zero-order valence-corrected chi connectivity index (χ0v) is 10.9. The van der Waals surface area contributed by atoms with E-state index in [2.05, 4.69) is 16.9 Å². The van der Waals surface area contributed by atoms with Gasteiger partial charge >= 0.3 is 0 Å². The van der Waals surface area contributed by atoms with Crippen LogP contribution in [0.25, 0.3) is 0 Å². The second-order valence-electron chi connectivity index (χ2n) is 4.13. The van der Waals surface area contributed by atoms with E-state index >= 15 is 0 Å². The number of hydrogen-bond acceptors (Lipinski definition) is 5. The molecule has 0 spiro atoms. The third kappa shape index (κ3) is 3.50. The summed E-state index contributed by atoms with van der Waals surface area (Å²) in [6, 6.07) is 3.85. The molecular weight excluding hydrogens is 254 g/mol. The minimum atomic E-state index is 0.0434. The van der Waals surface area contributed by atoms with Crippen LogP contribution < -0.4 is 10.5 Å². The van der Waals surface area contributed by atoms with Crippen molar-refractivity contribution in [3.05, 3.63) is 23.4 Å². The van der Waals surface area contributed by atoms with E-state index in [0.717, 1.165) is 12.8 Å². The molecule has 2 atom stereocenters. The van der Waals surface area contributed by atoms with E-state index in [-0.39, 0.29) is 18.2 Å². The molecule has 1 aliphatic heterocycles. The monoisotopic (exact) mass is 269 g/mol. The second kappa shape index (κ2) is 5.91. The van der Waals surface area contributed by atoms with Gasteiger partial charge in [-0.2, -0.15) is 0 Å². The highest BCUT2D eigenvalue weighted by atomic mass is 35.5. The molecule has 1 aliphatic rings. The summed E-state index contributed by atoms with van der Waals surface area (Å²) in [5, 5.41) is 0.594. The molecule has 2 heterocycles. The molecule has 0 fully saturated rings. The summed E-state index contributed by atoms with van der Waals surface area (Å²) in [5.41, 5.74) is 5.47. The van der Waals surface area contributed by atoms with Gasteiger partial charge in [0.15, 0.2) is 0 Å². The molecule has 0 saturated carbocycles. The molecule has 0 aromatic carbocycles. The number of halogens is 1. The molecule has 2 rings (SSSR count). The molecule has 1 aromatic heterocycles. The zero-order valence-electron chi connectivity index (χ0n) is 10.2. The van der Waals surface area contributed by atoms with E-state index < -0.39 is 0 Å². The lowest BCUT2D eigenvalue weighted by molar-refractivity contribution is 0.162. The van der Waals surface area contributed by atoms with Gasteiger partial charge in [0.25, 0.3) is 6.02 Å². The summed E-state index contributed by atoms with van der Waals surface area (Å²) in [5.74, 6) is 0.571. The lowest BCUT2D eigenvalue weighted by Gasteiger charge is -2.18. The number of pyridine rings is 1. The maximum Gasteiger partial charge on any atom is 0.282 e. The van der Waals surface area contributed by atoms with Crippen LogP contribution in [0.4, 0.5) is 0 Å². The maximum atomic E-state index is 5.78. The van der Waals surface area contributed by atoms with Gasteiger partial charge in [-0.1, -0.05) is 18.5 Å². The van der Waals surface area contributed by atoms with Gasteiger partial charge in [-0.15, -0.1) is 0 Å². The average Bonchev–Trinajstić information content (AvgIpc) is 2.77. The quantitative estimate of drug-likeness (QED) is 0.888. The number of rotatable bonds is 5. The van der Waals surface area contributed by atoms with Crippen LogP contribution in [0, 0.1) is 0 Å². The molecule has 5 nitrogen and oxygen atoms in total. The first-order valence-corrected chi connectivity index (χ1v) is 6.29. The molecule has 0 aliphatic carbocycles. The van der Waals surface area contributed by atoms with Crippen molar-refractivity contribution in [2.24, 2.45) is 10.7 Å². The molecule has 0 bridgehead atoms. The van der Waals surface area contributed by atoms with Gasteiger partial charge in [-0.25, -0.2) is 9.98 Å². The summed E-state index contributed by atoms with van der Waals surface area (Å²) >= 11 is 5.77. The van der Waals surface area contributed by atoms with Crippen LogP contribution in [0.2, 0.25) is 5.02 Å². The van der Waals surface area contributed by atoms with Gasteiger partial charge in [-0.3, -0.25) is 0 Å². The van der Waals surface area contributed by atoms with Crippen molar-refractivity contribution < 1.29 is 9.47 Å². The number of ether oxygens (including phenoxy) is 2. The standard InChI is InChI=1S/C12H16ClN3O2/c1-2-10(5-9-7-17-12(14)16-9)18-11-4-3-8(13)6-15-11/h3-4,6,9-10H,2,5,7H2,1H3,(H2,14,16)/t9-,10+/m0/s1. The second-order valence-corrected chi connectivity index (χ2v) is 4.57. The van der Waals surface area contributed by atoms with Crippen molar-refractivity contribution in [2.45, 2.75) is 31.9 Å². The third-order valence-corrected chi connectivity index (χ3v) is 2.93. The molecular formula is C12H16ClN3O2. The minimum absolute atomic E-state index is 0.0434. The normalized spacial score (nSPS) is 20.1. The lowest BCUT2D eigenvalue weighted by Crippen LogP contribution is -2.23. The van der Waals surface area contributed by atoms with E-state index in [0.29, 0.717) is 17.5 Å². The predicted octanol–water partition coefficient (Wildman–Crippen LogP) is 2.00. The summed E-state index contributed by atoms with van der Waals surface area (Å²) in [4.78, 5) is 8.29. The molecule has 18 heavy (non-hydrogen) atoms. The highest BCUT2D eigenvalue weighted by Gasteiger charge is 2.22. The Balaban J connectivity index is 1.91. The Hall–Kier alpha value is -1.49. The van der Waals surface area contributed by atoms with Gasteiger partial charge < -0.3 is 15.2 Å². The topological polar surface area (TPSA) is 69.7 Å². The summed E-state index contributed by atoms with van der Waals surface area (Å²) in [6.07, 6.45) is 3.25. The van der Waals surface area contributed by atoms with Crippen LogP contribution in [-0.2, 0) is 4.74 Å². The van der Waals surface area contributed by atoms with E-state index in [1.165, 1.54) is 0 Å². The van der Waals surface area contributed by atoms with E-state index in [1.54, 1.807) is 18.3 Å². The number of aliphatic imine (C=N–C) groups is 1. The Morgan fingerprint density at radius 1 is 1.61 bits per heavy atom. The van der Waals surface area contributed by atoms with Gasteiger partial charge in [0, 0.05) is 18.7 Å². The highest BCUT2D eigenvalue weighted by Crippen LogP contribution is 2.18. The number of hydrogen-bond donors (Lipinski definition) is 1. The fourth-order valence-corrected chi connectivity index (χ4v) is 1.87. The molecule has 0 saturated heterocycles. The summed E-state index contributed by atoms with van der Waals surface area (Å²) < 4.78 is 10.9. The van der Waals surface area contributed by atoms with Crippen LogP contribution in [0.5, 0.6) is 5.88 Å². The molecule has 2 N–H and O–H groups in total. The van der Waals surface area contributed by atoms with Crippen LogP contribution >= 0.6 is 11.6 Å². The van der Waals surface area contributed by atoms with E-state index in [4.69, 9.17) is 26.8 Å². The van der Waals surface area contributed by atoms with Gasteiger partial charge in [0.2, 0.25) is 5.88 Å². The van der Waals surface area contributed by atoms with Crippen LogP contribution in [0.3, 0.4) is 0 Å². The van der Waals surface area contributed by atoms with Crippen molar-refractivity contribution in [3.8, 4) is 5.88 Å². The van der Waals surface area contributed by atoms with Gasteiger partial charge in [0.1, 0.15) is 12.7 Å². The molecule has 1 aromatic rings. The Kier molecular flexibility index (Phi) is 4.25. The highest BCUT2D eigenvalue weighted by molar-refractivity contribution is 6.30. The maximum absolute atomic E-state index is 5.78. The fraction of sp³-hybridized carbons (Fsp3) is 0.500. The van der Waals surface area contributed by atoms with Crippen LogP contribution in [0.1, 0.15) is 19.8 Å². The summed E-state index contributed by atoms with van der Waals surface area (Å²) in [6.45, 7) is 2.59. The Morgan fingerprint density at radius 3 is 3.00 bits per heavy atom. The smallest absolute Gasteiger partial charge is 0.282 e. The van der Waals surface area contributed by atoms with Crippen LogP contribution in [0.15, 0.2) is 23.3 Å². The Bertz CT molecular complexity index is 422. The van der Waals surface area contributed by atoms with E-state index in [1.807, 2.05) is 0 Å². The molecule has 0 unspecified atom stereocenters. The van der Waals surface area contributed by atoms with Gasteiger partial charge in [0.05, 0.1) is 11.1 Å². The molecule has 6 heteroatoms. The first-order chi connectivity index (χ1) is 8.67. The number of amidine groups is 1.